The van der Waals surface area contributed by atoms with Gasteiger partial charge in [-0.2, -0.15) is 0 Å². The summed E-state index contributed by atoms with van der Waals surface area (Å²) in [7, 11) is 0. The van der Waals surface area contributed by atoms with Crippen LogP contribution in [0.3, 0.4) is 0 Å². The van der Waals surface area contributed by atoms with E-state index in [4.69, 9.17) is 0 Å². The molecule has 3 heterocycles. The van der Waals surface area contributed by atoms with Gasteiger partial charge in [-0.3, -0.25) is 19.7 Å². The van der Waals surface area contributed by atoms with Crippen LogP contribution in [-0.4, -0.2) is 52.7 Å². The Morgan fingerprint density at radius 2 is 1.61 bits per heavy atom. The lowest BCUT2D eigenvalue weighted by Gasteiger charge is -2.34. The Bertz CT molecular complexity index is 733. The minimum absolute atomic E-state index is 0.0149. The molecule has 0 aliphatic carbocycles. The number of nitro groups is 1. The van der Waals surface area contributed by atoms with Crippen LogP contribution >= 0.6 is 22.7 Å². The summed E-state index contributed by atoms with van der Waals surface area (Å²) in [6.07, 6.45) is 0. The first-order chi connectivity index (χ1) is 11.1. The van der Waals surface area contributed by atoms with Crippen molar-refractivity contribution >= 4 is 39.5 Å². The first-order valence-electron chi connectivity index (χ1n) is 6.92. The summed E-state index contributed by atoms with van der Waals surface area (Å²) in [5, 5.41) is 12.5. The normalized spacial score (nSPS) is 14.8. The van der Waals surface area contributed by atoms with Crippen LogP contribution in [0.15, 0.2) is 29.6 Å². The molecule has 0 atom stereocenters. The Labute approximate surface area is 139 Å². The van der Waals surface area contributed by atoms with E-state index in [1.54, 1.807) is 15.9 Å². The summed E-state index contributed by atoms with van der Waals surface area (Å²) in [6.45, 7) is 1.80. The summed E-state index contributed by atoms with van der Waals surface area (Å²) in [5.74, 6) is -0.231. The second-order valence-corrected chi connectivity index (χ2v) is 6.97. The van der Waals surface area contributed by atoms with Crippen molar-refractivity contribution in [2.45, 2.75) is 0 Å². The Kier molecular flexibility index (Phi) is 4.39. The van der Waals surface area contributed by atoms with Crippen molar-refractivity contribution in [2.75, 3.05) is 26.2 Å². The van der Waals surface area contributed by atoms with Gasteiger partial charge in [0, 0.05) is 32.2 Å². The van der Waals surface area contributed by atoms with Crippen LogP contribution in [-0.2, 0) is 0 Å². The van der Waals surface area contributed by atoms with E-state index in [0.717, 1.165) is 11.3 Å². The van der Waals surface area contributed by atoms with Gasteiger partial charge in [0.05, 0.1) is 14.7 Å². The second-order valence-electron chi connectivity index (χ2n) is 4.96. The number of carbonyl (C=O) groups excluding carboxylic acids is 2. The van der Waals surface area contributed by atoms with Gasteiger partial charge in [0.2, 0.25) is 0 Å². The number of carbonyl (C=O) groups is 2. The molecular weight excluding hydrogens is 338 g/mol. The van der Waals surface area contributed by atoms with Gasteiger partial charge < -0.3 is 9.80 Å². The fourth-order valence-electron chi connectivity index (χ4n) is 2.37. The molecule has 1 fully saturated rings. The maximum Gasteiger partial charge on any atom is 0.324 e. The highest BCUT2D eigenvalue weighted by molar-refractivity contribution is 7.17. The lowest BCUT2D eigenvalue weighted by atomic mass is 10.2. The predicted octanol–water partition coefficient (Wildman–Crippen LogP) is 2.32. The van der Waals surface area contributed by atoms with Crippen LogP contribution in [0.2, 0.25) is 0 Å². The van der Waals surface area contributed by atoms with Gasteiger partial charge in [0.25, 0.3) is 11.8 Å². The third kappa shape index (κ3) is 3.25. The van der Waals surface area contributed by atoms with Gasteiger partial charge in [-0.25, -0.2) is 0 Å². The van der Waals surface area contributed by atoms with Crippen molar-refractivity contribution < 1.29 is 14.5 Å². The van der Waals surface area contributed by atoms with E-state index >= 15 is 0 Å². The Morgan fingerprint density at radius 1 is 1.00 bits per heavy atom. The van der Waals surface area contributed by atoms with Crippen LogP contribution in [0.5, 0.6) is 0 Å². The highest BCUT2D eigenvalue weighted by Gasteiger charge is 2.27. The van der Waals surface area contributed by atoms with Crippen LogP contribution in [0.1, 0.15) is 19.3 Å². The zero-order chi connectivity index (χ0) is 16.4. The fourth-order valence-corrected chi connectivity index (χ4v) is 3.84. The summed E-state index contributed by atoms with van der Waals surface area (Å²) in [6, 6.07) is 6.44. The maximum absolute atomic E-state index is 12.4. The van der Waals surface area contributed by atoms with Crippen molar-refractivity contribution in [1.29, 1.82) is 0 Å². The lowest BCUT2D eigenvalue weighted by molar-refractivity contribution is -0.380. The van der Waals surface area contributed by atoms with Crippen molar-refractivity contribution in [2.24, 2.45) is 0 Å². The lowest BCUT2D eigenvalue weighted by Crippen LogP contribution is -2.50. The van der Waals surface area contributed by atoms with E-state index in [2.05, 4.69) is 0 Å². The van der Waals surface area contributed by atoms with Gasteiger partial charge in [-0.15, -0.1) is 11.3 Å². The molecule has 3 rings (SSSR count). The summed E-state index contributed by atoms with van der Waals surface area (Å²) >= 11 is 2.28. The molecule has 0 bridgehead atoms. The highest BCUT2D eigenvalue weighted by atomic mass is 32.1. The van der Waals surface area contributed by atoms with E-state index in [1.807, 2.05) is 11.4 Å². The van der Waals surface area contributed by atoms with Crippen molar-refractivity contribution in [3.05, 3.63) is 49.5 Å². The van der Waals surface area contributed by atoms with Gasteiger partial charge in [-0.1, -0.05) is 17.4 Å². The molecule has 23 heavy (non-hydrogen) atoms. The van der Waals surface area contributed by atoms with Gasteiger partial charge in [0.15, 0.2) is 0 Å². The molecule has 2 aromatic rings. The number of hydrogen-bond acceptors (Lipinski definition) is 6. The zero-order valence-corrected chi connectivity index (χ0v) is 13.6. The third-order valence-corrected chi connectivity index (χ3v) is 5.45. The molecule has 9 heteroatoms. The summed E-state index contributed by atoms with van der Waals surface area (Å²) in [4.78, 5) is 39.2. The minimum Gasteiger partial charge on any atom is -0.334 e. The predicted molar refractivity (Wildman–Crippen MR) is 87.1 cm³/mol. The first kappa shape index (κ1) is 15.6. The SMILES string of the molecule is O=C(c1cccs1)N1CCN(C(=O)c2ccc([N+](=O)[O-])s2)CC1. The molecule has 1 aliphatic heterocycles. The van der Waals surface area contributed by atoms with Crippen LogP contribution in [0.4, 0.5) is 5.00 Å². The van der Waals surface area contributed by atoms with E-state index in [9.17, 15) is 19.7 Å². The minimum atomic E-state index is -0.501. The van der Waals surface area contributed by atoms with E-state index < -0.39 is 4.92 Å². The Morgan fingerprint density at radius 3 is 2.09 bits per heavy atom. The molecule has 2 aromatic heterocycles. The molecule has 0 spiro atoms. The standard InChI is InChI=1S/C14H13N3O4S2/c18-13(10-2-1-9-22-10)15-5-7-16(8-6-15)14(19)11-3-4-12(23-11)17(20)21/h1-4,9H,5-8H2. The molecule has 0 N–H and O–H groups in total. The van der Waals surface area contributed by atoms with Crippen molar-refractivity contribution in [3.63, 3.8) is 0 Å². The maximum atomic E-state index is 12.4. The molecular formula is C14H13N3O4S2. The van der Waals surface area contributed by atoms with Crippen LogP contribution in [0, 0.1) is 10.1 Å². The zero-order valence-electron chi connectivity index (χ0n) is 12.0. The smallest absolute Gasteiger partial charge is 0.324 e. The molecule has 2 amide bonds. The molecule has 1 saturated heterocycles. The van der Waals surface area contributed by atoms with Crippen molar-refractivity contribution in [3.8, 4) is 0 Å². The molecule has 0 aromatic carbocycles. The van der Waals surface area contributed by atoms with Crippen LogP contribution in [0.25, 0.3) is 0 Å². The quantitative estimate of drug-likeness (QED) is 0.627. The number of rotatable bonds is 3. The molecule has 0 saturated carbocycles. The van der Waals surface area contributed by atoms with Crippen LogP contribution < -0.4 is 0 Å². The Hall–Kier alpha value is -2.26. The first-order valence-corrected chi connectivity index (χ1v) is 8.62. The number of hydrogen-bond donors (Lipinski definition) is 0. The molecule has 1 aliphatic rings. The topological polar surface area (TPSA) is 83.8 Å². The molecule has 7 nitrogen and oxygen atoms in total. The molecule has 0 radical (unpaired) electrons. The average molecular weight is 351 g/mol. The van der Waals surface area contributed by atoms with Gasteiger partial charge in [-0.05, 0) is 17.5 Å². The number of thiophene rings is 2. The highest BCUT2D eigenvalue weighted by Crippen LogP contribution is 2.25. The average Bonchev–Trinajstić information content (AvgIpc) is 3.25. The number of nitrogens with zero attached hydrogens (tertiary/aromatic N) is 3. The Balaban J connectivity index is 1.61. The third-order valence-electron chi connectivity index (χ3n) is 3.57. The van der Waals surface area contributed by atoms with Crippen molar-refractivity contribution in [1.82, 2.24) is 9.80 Å². The van der Waals surface area contributed by atoms with Gasteiger partial charge >= 0.3 is 5.00 Å². The monoisotopic (exact) mass is 351 g/mol. The van der Waals surface area contributed by atoms with Gasteiger partial charge in [0.1, 0.15) is 0 Å². The number of piperazine rings is 1. The largest absolute Gasteiger partial charge is 0.334 e. The van der Waals surface area contributed by atoms with E-state index in [0.29, 0.717) is 35.9 Å². The second kappa shape index (κ2) is 6.47. The molecule has 120 valence electrons. The summed E-state index contributed by atoms with van der Waals surface area (Å²) in [5.41, 5.74) is 0. The van der Waals surface area contributed by atoms with E-state index in [-0.39, 0.29) is 16.8 Å². The number of amides is 2. The summed E-state index contributed by atoms with van der Waals surface area (Å²) < 4.78 is 0. The molecule has 0 unspecified atom stereocenters. The van der Waals surface area contributed by atoms with E-state index in [1.165, 1.54) is 23.5 Å². The fraction of sp³-hybridized carbons (Fsp3) is 0.286.